The summed E-state index contributed by atoms with van der Waals surface area (Å²) in [7, 11) is 0. The highest BCUT2D eigenvalue weighted by atomic mass is 16.5. The van der Waals surface area contributed by atoms with Crippen molar-refractivity contribution in [1.82, 2.24) is 16.2 Å². The molecule has 7 N–H and O–H groups in total. The second-order valence-electron chi connectivity index (χ2n) is 8.81. The van der Waals surface area contributed by atoms with E-state index >= 15 is 0 Å². The first kappa shape index (κ1) is 24.0. The first-order valence-corrected chi connectivity index (χ1v) is 11.6. The molecule has 2 fully saturated rings. The highest BCUT2D eigenvalue weighted by molar-refractivity contribution is 5.94. The van der Waals surface area contributed by atoms with Crippen LogP contribution in [-0.4, -0.2) is 43.5 Å². The summed E-state index contributed by atoms with van der Waals surface area (Å²) in [5, 5.41) is 10.0. The number of hydrogen-bond donors (Lipinski definition) is 5. The van der Waals surface area contributed by atoms with Gasteiger partial charge < -0.3 is 21.1 Å². The zero-order valence-electron chi connectivity index (χ0n) is 18.6. The summed E-state index contributed by atoms with van der Waals surface area (Å²) in [6, 6.07) is 8.82. The van der Waals surface area contributed by atoms with Gasteiger partial charge in [-0.2, -0.15) is 5.10 Å². The highest BCUT2D eigenvalue weighted by Gasteiger charge is 2.38. The minimum absolute atomic E-state index is 0.115. The van der Waals surface area contributed by atoms with E-state index in [1.807, 2.05) is 18.2 Å². The van der Waals surface area contributed by atoms with E-state index in [0.29, 0.717) is 48.7 Å². The van der Waals surface area contributed by atoms with Crippen molar-refractivity contribution in [3.8, 4) is 0 Å². The molecule has 9 nitrogen and oxygen atoms in total. The number of hydrazine groups is 1. The average Bonchev–Trinajstić information content (AvgIpc) is 2.82. The molecule has 1 saturated heterocycles. The quantitative estimate of drug-likeness (QED) is 0.0912. The SMILES string of the molecule is NN/N=C(\N)CCC1CCC2CNC(C(=O)OCCCNC(=O)c3ccccc3)CC2C1. The molecule has 1 heterocycles. The minimum atomic E-state index is -0.248. The predicted molar refractivity (Wildman–Crippen MR) is 123 cm³/mol. The van der Waals surface area contributed by atoms with Crippen LogP contribution in [0.2, 0.25) is 0 Å². The standard InChI is InChI=1S/C23H36N6O3/c24-21(28-29-25)10-8-16-7-9-18-15-27-20(14-19(18)13-16)23(31)32-12-4-11-26-22(30)17-5-2-1-3-6-17/h1-3,5-6,16,18-20,27,29H,4,7-15,25H2,(H2,24,28)(H,26,30). The zero-order chi connectivity index (χ0) is 22.8. The van der Waals surface area contributed by atoms with E-state index in [9.17, 15) is 9.59 Å². The number of rotatable bonds is 10. The molecule has 0 aromatic heterocycles. The molecule has 2 aliphatic rings. The van der Waals surface area contributed by atoms with Gasteiger partial charge in [0.05, 0.1) is 6.61 Å². The summed E-state index contributed by atoms with van der Waals surface area (Å²) in [6.45, 7) is 1.64. The Hall–Kier alpha value is -2.65. The van der Waals surface area contributed by atoms with Crippen LogP contribution in [0.25, 0.3) is 0 Å². The molecule has 176 valence electrons. The molecule has 1 saturated carbocycles. The summed E-state index contributed by atoms with van der Waals surface area (Å²) in [5.74, 6) is 7.15. The number of carbonyl (C=O) groups is 2. The van der Waals surface area contributed by atoms with Crippen molar-refractivity contribution >= 4 is 17.7 Å². The van der Waals surface area contributed by atoms with Gasteiger partial charge in [-0.1, -0.05) is 24.6 Å². The number of carbonyl (C=O) groups excluding carboxylic acids is 2. The molecule has 1 aliphatic heterocycles. The number of benzene rings is 1. The number of esters is 1. The second-order valence-corrected chi connectivity index (χ2v) is 8.81. The van der Waals surface area contributed by atoms with E-state index in [1.54, 1.807) is 12.1 Å². The third kappa shape index (κ3) is 7.20. The molecule has 4 unspecified atom stereocenters. The second kappa shape index (κ2) is 12.4. The molecule has 0 spiro atoms. The number of hydrazone groups is 1. The van der Waals surface area contributed by atoms with Gasteiger partial charge >= 0.3 is 5.97 Å². The maximum atomic E-state index is 12.5. The van der Waals surface area contributed by atoms with Crippen molar-refractivity contribution in [2.75, 3.05) is 19.7 Å². The van der Waals surface area contributed by atoms with Crippen LogP contribution in [0.5, 0.6) is 0 Å². The molecule has 1 aliphatic carbocycles. The van der Waals surface area contributed by atoms with Crippen molar-refractivity contribution < 1.29 is 14.3 Å². The van der Waals surface area contributed by atoms with Gasteiger partial charge in [-0.3, -0.25) is 9.59 Å². The Morgan fingerprint density at radius 1 is 1.16 bits per heavy atom. The fourth-order valence-electron chi connectivity index (χ4n) is 4.83. The van der Waals surface area contributed by atoms with Crippen molar-refractivity contribution in [2.24, 2.45) is 34.4 Å². The summed E-state index contributed by atoms with van der Waals surface area (Å²) in [6.07, 6.45) is 6.62. The Kier molecular flexibility index (Phi) is 9.30. The lowest BCUT2D eigenvalue weighted by Crippen LogP contribution is -2.50. The van der Waals surface area contributed by atoms with Crippen molar-refractivity contribution in [2.45, 2.75) is 51.0 Å². The molecule has 9 heteroatoms. The molecular weight excluding hydrogens is 408 g/mol. The van der Waals surface area contributed by atoms with Crippen LogP contribution in [0.1, 0.15) is 55.3 Å². The number of ether oxygens (including phenoxy) is 1. The van der Waals surface area contributed by atoms with Crippen LogP contribution >= 0.6 is 0 Å². The average molecular weight is 445 g/mol. The monoisotopic (exact) mass is 444 g/mol. The fourth-order valence-corrected chi connectivity index (χ4v) is 4.83. The van der Waals surface area contributed by atoms with Gasteiger partial charge in [0.2, 0.25) is 0 Å². The van der Waals surface area contributed by atoms with E-state index in [4.69, 9.17) is 16.3 Å². The third-order valence-electron chi connectivity index (χ3n) is 6.60. The molecule has 0 bridgehead atoms. The van der Waals surface area contributed by atoms with Crippen LogP contribution < -0.4 is 27.7 Å². The van der Waals surface area contributed by atoms with Gasteiger partial charge in [0.15, 0.2) is 0 Å². The van der Waals surface area contributed by atoms with E-state index in [0.717, 1.165) is 32.2 Å². The molecule has 4 atom stereocenters. The fraction of sp³-hybridized carbons (Fsp3) is 0.609. The Labute approximate surface area is 189 Å². The molecule has 32 heavy (non-hydrogen) atoms. The Morgan fingerprint density at radius 3 is 2.75 bits per heavy atom. The number of nitrogens with one attached hydrogen (secondary N) is 3. The van der Waals surface area contributed by atoms with Gasteiger partial charge in [-0.15, -0.1) is 0 Å². The Morgan fingerprint density at radius 2 is 1.97 bits per heavy atom. The molecule has 3 rings (SSSR count). The normalized spacial score (nSPS) is 25.5. The molecule has 0 radical (unpaired) electrons. The largest absolute Gasteiger partial charge is 0.464 e. The van der Waals surface area contributed by atoms with Crippen LogP contribution in [0, 0.1) is 17.8 Å². The van der Waals surface area contributed by atoms with E-state index in [-0.39, 0.29) is 17.9 Å². The molecule has 1 aromatic rings. The lowest BCUT2D eigenvalue weighted by molar-refractivity contribution is -0.148. The summed E-state index contributed by atoms with van der Waals surface area (Å²) < 4.78 is 5.48. The Balaban J connectivity index is 1.34. The maximum Gasteiger partial charge on any atom is 0.323 e. The van der Waals surface area contributed by atoms with Gasteiger partial charge in [-0.05, 0) is 68.5 Å². The highest BCUT2D eigenvalue weighted by Crippen LogP contribution is 2.40. The van der Waals surface area contributed by atoms with Crippen LogP contribution in [0.3, 0.4) is 0 Å². The number of nitrogens with two attached hydrogens (primary N) is 2. The third-order valence-corrected chi connectivity index (χ3v) is 6.60. The van der Waals surface area contributed by atoms with Crippen molar-refractivity contribution in [1.29, 1.82) is 0 Å². The van der Waals surface area contributed by atoms with Crippen molar-refractivity contribution in [3.63, 3.8) is 0 Å². The van der Waals surface area contributed by atoms with E-state index in [1.165, 1.54) is 12.8 Å². The summed E-state index contributed by atoms with van der Waals surface area (Å²) in [5.41, 5.74) is 8.69. The van der Waals surface area contributed by atoms with Gasteiger partial charge in [-0.25, -0.2) is 11.4 Å². The summed E-state index contributed by atoms with van der Waals surface area (Å²) >= 11 is 0. The first-order valence-electron chi connectivity index (χ1n) is 11.6. The molecule has 1 aromatic carbocycles. The van der Waals surface area contributed by atoms with Gasteiger partial charge in [0.1, 0.15) is 11.9 Å². The Bertz CT molecular complexity index is 772. The predicted octanol–water partition coefficient (Wildman–Crippen LogP) is 1.26. The van der Waals surface area contributed by atoms with Crippen LogP contribution in [-0.2, 0) is 9.53 Å². The van der Waals surface area contributed by atoms with Crippen LogP contribution in [0.15, 0.2) is 35.4 Å². The maximum absolute atomic E-state index is 12.5. The zero-order valence-corrected chi connectivity index (χ0v) is 18.6. The number of amidine groups is 1. The minimum Gasteiger partial charge on any atom is -0.464 e. The van der Waals surface area contributed by atoms with Gasteiger partial charge in [0, 0.05) is 18.5 Å². The topological polar surface area (TPSA) is 144 Å². The van der Waals surface area contributed by atoms with Gasteiger partial charge in [0.25, 0.3) is 5.91 Å². The van der Waals surface area contributed by atoms with E-state index < -0.39 is 0 Å². The number of fused-ring (bicyclic) bond motifs is 1. The van der Waals surface area contributed by atoms with Crippen LogP contribution in [0.4, 0.5) is 0 Å². The van der Waals surface area contributed by atoms with E-state index in [2.05, 4.69) is 21.3 Å². The lowest BCUT2D eigenvalue weighted by atomic mass is 9.69. The molecule has 1 amide bonds. The number of piperidine rings is 1. The number of nitrogens with zero attached hydrogens (tertiary/aromatic N) is 1. The summed E-state index contributed by atoms with van der Waals surface area (Å²) in [4.78, 5) is 24.6. The molecular formula is C23H36N6O3. The lowest BCUT2D eigenvalue weighted by Gasteiger charge is -2.42. The van der Waals surface area contributed by atoms with Crippen molar-refractivity contribution in [3.05, 3.63) is 35.9 Å². The number of amides is 1. The number of hydrogen-bond acceptors (Lipinski definition) is 7. The smallest absolute Gasteiger partial charge is 0.323 e. The first-order chi connectivity index (χ1) is 15.6.